The molecule has 3 N–H and O–H groups in total. The van der Waals surface area contributed by atoms with Crippen molar-refractivity contribution in [2.75, 3.05) is 13.1 Å². The summed E-state index contributed by atoms with van der Waals surface area (Å²) in [4.78, 5) is 24.0. The number of carbonyl (C=O) groups excluding carboxylic acids is 2. The Morgan fingerprint density at radius 1 is 1.43 bits per heavy atom. The minimum Gasteiger partial charge on any atom is -0.388 e. The van der Waals surface area contributed by atoms with Crippen LogP contribution in [0.25, 0.3) is 0 Å². The van der Waals surface area contributed by atoms with Crippen molar-refractivity contribution in [3.05, 3.63) is 22.4 Å². The molecule has 2 unspecified atom stereocenters. The van der Waals surface area contributed by atoms with Gasteiger partial charge in [-0.1, -0.05) is 26.3 Å². The Labute approximate surface area is 129 Å². The monoisotopic (exact) mass is 312 g/mol. The van der Waals surface area contributed by atoms with E-state index in [-0.39, 0.29) is 37.2 Å². The Kier molecular flexibility index (Phi) is 6.84. The first kappa shape index (κ1) is 17.7. The Morgan fingerprint density at radius 2 is 2.14 bits per heavy atom. The molecule has 0 radical (unpaired) electrons. The molecule has 1 heterocycles. The van der Waals surface area contributed by atoms with Crippen LogP contribution in [0.3, 0.4) is 0 Å². The normalized spacial score (nSPS) is 15.0. The third-order valence-corrected chi connectivity index (χ3v) is 4.57. The second kappa shape index (κ2) is 8.14. The number of amides is 2. The van der Waals surface area contributed by atoms with Crippen molar-refractivity contribution in [3.63, 3.8) is 0 Å². The molecule has 6 heteroatoms. The summed E-state index contributed by atoms with van der Waals surface area (Å²) in [5, 5.41) is 17.4. The van der Waals surface area contributed by atoms with Gasteiger partial charge < -0.3 is 15.7 Å². The minimum atomic E-state index is -0.912. The van der Waals surface area contributed by atoms with Crippen molar-refractivity contribution in [1.29, 1.82) is 0 Å². The number of hydrogen-bond acceptors (Lipinski definition) is 4. The first-order chi connectivity index (χ1) is 9.86. The quantitative estimate of drug-likeness (QED) is 0.684. The molecule has 1 aromatic rings. The smallest absolute Gasteiger partial charge is 0.261 e. The Bertz CT molecular complexity index is 457. The van der Waals surface area contributed by atoms with E-state index >= 15 is 0 Å². The lowest BCUT2D eigenvalue weighted by molar-refractivity contribution is -0.122. The second-order valence-electron chi connectivity index (χ2n) is 5.43. The lowest BCUT2D eigenvalue weighted by atomic mass is 9.88. The SMILES string of the molecule is CCC(C)C(C)(O)CNC(=O)CCNC(=O)c1cccs1. The highest BCUT2D eigenvalue weighted by atomic mass is 32.1. The summed E-state index contributed by atoms with van der Waals surface area (Å²) in [6, 6.07) is 3.55. The maximum atomic E-state index is 11.7. The van der Waals surface area contributed by atoms with Crippen molar-refractivity contribution in [1.82, 2.24) is 10.6 Å². The molecule has 0 saturated carbocycles. The zero-order valence-corrected chi connectivity index (χ0v) is 13.6. The van der Waals surface area contributed by atoms with Gasteiger partial charge in [0.1, 0.15) is 0 Å². The number of carbonyl (C=O) groups is 2. The van der Waals surface area contributed by atoms with E-state index in [0.717, 1.165) is 6.42 Å². The highest BCUT2D eigenvalue weighted by Crippen LogP contribution is 2.18. The van der Waals surface area contributed by atoms with Gasteiger partial charge in [0.15, 0.2) is 0 Å². The first-order valence-electron chi connectivity index (χ1n) is 7.17. The molecule has 118 valence electrons. The van der Waals surface area contributed by atoms with Crippen LogP contribution >= 0.6 is 11.3 Å². The topological polar surface area (TPSA) is 78.4 Å². The lowest BCUT2D eigenvalue weighted by Gasteiger charge is -2.29. The maximum Gasteiger partial charge on any atom is 0.261 e. The molecule has 0 spiro atoms. The summed E-state index contributed by atoms with van der Waals surface area (Å²) in [7, 11) is 0. The van der Waals surface area contributed by atoms with Crippen LogP contribution in [0, 0.1) is 5.92 Å². The van der Waals surface area contributed by atoms with E-state index < -0.39 is 5.60 Å². The molecule has 1 aromatic heterocycles. The third kappa shape index (κ3) is 5.85. The van der Waals surface area contributed by atoms with Gasteiger partial charge in [-0.3, -0.25) is 9.59 Å². The van der Waals surface area contributed by atoms with Crippen molar-refractivity contribution in [3.8, 4) is 0 Å². The fourth-order valence-electron chi connectivity index (χ4n) is 1.76. The molecular formula is C15H24N2O3S. The van der Waals surface area contributed by atoms with Gasteiger partial charge in [-0.05, 0) is 24.3 Å². The van der Waals surface area contributed by atoms with Gasteiger partial charge in [0.05, 0.1) is 10.5 Å². The number of aliphatic hydroxyl groups is 1. The Hall–Kier alpha value is -1.40. The summed E-state index contributed by atoms with van der Waals surface area (Å²) >= 11 is 1.36. The lowest BCUT2D eigenvalue weighted by Crippen LogP contribution is -2.45. The zero-order chi connectivity index (χ0) is 15.9. The first-order valence-corrected chi connectivity index (χ1v) is 8.05. The summed E-state index contributed by atoms with van der Waals surface area (Å²) < 4.78 is 0. The molecule has 0 bridgehead atoms. The van der Waals surface area contributed by atoms with Crippen LogP contribution in [-0.2, 0) is 4.79 Å². The van der Waals surface area contributed by atoms with Crippen molar-refractivity contribution < 1.29 is 14.7 Å². The predicted molar refractivity (Wildman–Crippen MR) is 84.4 cm³/mol. The molecule has 0 aliphatic heterocycles. The van der Waals surface area contributed by atoms with E-state index in [1.165, 1.54) is 11.3 Å². The largest absolute Gasteiger partial charge is 0.388 e. The second-order valence-corrected chi connectivity index (χ2v) is 6.37. The van der Waals surface area contributed by atoms with Gasteiger partial charge in [-0.15, -0.1) is 11.3 Å². The Balaban J connectivity index is 2.24. The molecule has 21 heavy (non-hydrogen) atoms. The molecule has 0 aliphatic rings. The number of nitrogens with one attached hydrogen (secondary N) is 2. The molecule has 1 rings (SSSR count). The third-order valence-electron chi connectivity index (χ3n) is 3.70. The van der Waals surface area contributed by atoms with E-state index in [0.29, 0.717) is 4.88 Å². The predicted octanol–water partition coefficient (Wildman–Crippen LogP) is 1.78. The van der Waals surface area contributed by atoms with Crippen LogP contribution in [0.1, 0.15) is 43.3 Å². The molecule has 2 amide bonds. The number of rotatable bonds is 8. The van der Waals surface area contributed by atoms with E-state index in [4.69, 9.17) is 0 Å². The average molecular weight is 312 g/mol. The van der Waals surface area contributed by atoms with Crippen LogP contribution in [0.15, 0.2) is 17.5 Å². The van der Waals surface area contributed by atoms with E-state index in [2.05, 4.69) is 10.6 Å². The molecule has 0 fully saturated rings. The van der Waals surface area contributed by atoms with Crippen LogP contribution in [0.4, 0.5) is 0 Å². The molecule has 0 aromatic carbocycles. The summed E-state index contributed by atoms with van der Waals surface area (Å²) in [5.41, 5.74) is -0.912. The Morgan fingerprint density at radius 3 is 2.71 bits per heavy atom. The molecule has 2 atom stereocenters. The summed E-state index contributed by atoms with van der Waals surface area (Å²) in [6.45, 7) is 6.18. The van der Waals surface area contributed by atoms with E-state index in [1.807, 2.05) is 25.3 Å². The van der Waals surface area contributed by atoms with E-state index in [9.17, 15) is 14.7 Å². The van der Waals surface area contributed by atoms with E-state index in [1.54, 1.807) is 13.0 Å². The molecule has 5 nitrogen and oxygen atoms in total. The van der Waals surface area contributed by atoms with Gasteiger partial charge in [0.2, 0.25) is 5.91 Å². The molecule has 0 aliphatic carbocycles. The maximum absolute atomic E-state index is 11.7. The van der Waals surface area contributed by atoms with Gasteiger partial charge in [0.25, 0.3) is 5.91 Å². The van der Waals surface area contributed by atoms with Gasteiger partial charge in [-0.2, -0.15) is 0 Å². The van der Waals surface area contributed by atoms with Crippen molar-refractivity contribution in [2.24, 2.45) is 5.92 Å². The zero-order valence-electron chi connectivity index (χ0n) is 12.8. The van der Waals surface area contributed by atoms with Crippen LogP contribution < -0.4 is 10.6 Å². The average Bonchev–Trinajstić information content (AvgIpc) is 2.98. The highest BCUT2D eigenvalue weighted by Gasteiger charge is 2.27. The van der Waals surface area contributed by atoms with Crippen molar-refractivity contribution in [2.45, 2.75) is 39.2 Å². The van der Waals surface area contributed by atoms with Gasteiger partial charge in [0, 0.05) is 19.5 Å². The molecular weight excluding hydrogens is 288 g/mol. The number of hydrogen-bond donors (Lipinski definition) is 3. The van der Waals surface area contributed by atoms with Gasteiger partial charge in [-0.25, -0.2) is 0 Å². The molecule has 0 saturated heterocycles. The fourth-order valence-corrected chi connectivity index (χ4v) is 2.40. The standard InChI is InChI=1S/C15H24N2O3S/c1-4-11(2)15(3,20)10-17-13(18)7-8-16-14(19)12-6-5-9-21-12/h5-6,9,11,20H,4,7-8,10H2,1-3H3,(H,16,19)(H,17,18). The fraction of sp³-hybridized carbons (Fsp3) is 0.600. The van der Waals surface area contributed by atoms with Crippen LogP contribution in [0.2, 0.25) is 0 Å². The van der Waals surface area contributed by atoms with Crippen LogP contribution in [-0.4, -0.2) is 35.6 Å². The minimum absolute atomic E-state index is 0.108. The number of thiophene rings is 1. The van der Waals surface area contributed by atoms with Gasteiger partial charge >= 0.3 is 0 Å². The summed E-state index contributed by atoms with van der Waals surface area (Å²) in [6.07, 6.45) is 1.05. The highest BCUT2D eigenvalue weighted by molar-refractivity contribution is 7.12. The van der Waals surface area contributed by atoms with Crippen LogP contribution in [0.5, 0.6) is 0 Å². The summed E-state index contributed by atoms with van der Waals surface area (Å²) in [5.74, 6) is -0.231. The van der Waals surface area contributed by atoms with Crippen molar-refractivity contribution >= 4 is 23.2 Å².